The third-order valence-corrected chi connectivity index (χ3v) is 4.58. The first-order chi connectivity index (χ1) is 11.4. The normalized spacial score (nSPS) is 19.8. The lowest BCUT2D eigenvalue weighted by molar-refractivity contribution is -0.126. The average Bonchev–Trinajstić information content (AvgIpc) is 3.09. The van der Waals surface area contributed by atoms with E-state index in [1.807, 2.05) is 32.0 Å². The maximum Gasteiger partial charge on any atom is 0.227 e. The molecule has 24 heavy (non-hydrogen) atoms. The number of hydrogen-bond donors (Lipinski definition) is 1. The van der Waals surface area contributed by atoms with Crippen LogP contribution in [0.4, 0.5) is 11.4 Å². The maximum atomic E-state index is 12.3. The van der Waals surface area contributed by atoms with Gasteiger partial charge in [-0.3, -0.25) is 14.4 Å². The van der Waals surface area contributed by atoms with Crippen molar-refractivity contribution >= 4 is 29.1 Å². The zero-order valence-corrected chi connectivity index (χ0v) is 14.3. The van der Waals surface area contributed by atoms with E-state index >= 15 is 0 Å². The molecular formula is C18H23N3O3. The summed E-state index contributed by atoms with van der Waals surface area (Å²) in [6, 6.07) is 5.80. The Morgan fingerprint density at radius 1 is 1.29 bits per heavy atom. The number of hydrogen-bond acceptors (Lipinski definition) is 3. The van der Waals surface area contributed by atoms with Crippen LogP contribution < -0.4 is 15.1 Å². The van der Waals surface area contributed by atoms with Gasteiger partial charge < -0.3 is 15.1 Å². The van der Waals surface area contributed by atoms with E-state index in [9.17, 15) is 14.4 Å². The van der Waals surface area contributed by atoms with Crippen LogP contribution in [0.3, 0.4) is 0 Å². The van der Waals surface area contributed by atoms with Crippen molar-refractivity contribution in [3.05, 3.63) is 23.8 Å². The van der Waals surface area contributed by atoms with E-state index in [-0.39, 0.29) is 36.1 Å². The molecule has 1 N–H and O–H groups in total. The quantitative estimate of drug-likeness (QED) is 0.913. The van der Waals surface area contributed by atoms with E-state index in [0.717, 1.165) is 23.4 Å². The number of carbonyl (C=O) groups is 3. The highest BCUT2D eigenvalue weighted by molar-refractivity contribution is 6.01. The molecule has 2 aliphatic heterocycles. The maximum absolute atomic E-state index is 12.3. The molecule has 1 atom stereocenters. The highest BCUT2D eigenvalue weighted by atomic mass is 16.2. The largest absolute Gasteiger partial charge is 0.354 e. The van der Waals surface area contributed by atoms with Crippen LogP contribution in [0.25, 0.3) is 0 Å². The van der Waals surface area contributed by atoms with E-state index in [2.05, 4.69) is 5.32 Å². The molecule has 3 amide bonds. The molecule has 0 spiro atoms. The molecule has 1 saturated heterocycles. The summed E-state index contributed by atoms with van der Waals surface area (Å²) in [5, 5.41) is 2.88. The van der Waals surface area contributed by atoms with Crippen molar-refractivity contribution in [3.8, 4) is 0 Å². The molecule has 6 nitrogen and oxygen atoms in total. The van der Waals surface area contributed by atoms with Gasteiger partial charge in [-0.15, -0.1) is 0 Å². The van der Waals surface area contributed by atoms with Gasteiger partial charge in [0.15, 0.2) is 0 Å². The van der Waals surface area contributed by atoms with Crippen LogP contribution in [-0.2, 0) is 20.8 Å². The van der Waals surface area contributed by atoms with Gasteiger partial charge in [-0.2, -0.15) is 0 Å². The first kappa shape index (κ1) is 16.5. The van der Waals surface area contributed by atoms with Crippen LogP contribution in [0, 0.1) is 5.92 Å². The molecule has 1 aromatic rings. The standard InChI is InChI=1S/C18H23N3O3/c1-11(2)19-18(24)14-9-17(23)21(10-14)15-4-5-16-13(8-15)6-7-20(16)12(3)22/h4-5,8,11,14H,6-7,9-10H2,1-3H3,(H,19,24). The zero-order chi connectivity index (χ0) is 17.4. The molecule has 1 unspecified atom stereocenters. The SMILES string of the molecule is CC(=O)N1CCc2cc(N3CC(C(=O)NC(C)C)CC3=O)ccc21. The fourth-order valence-corrected chi connectivity index (χ4v) is 3.42. The third-order valence-electron chi connectivity index (χ3n) is 4.58. The van der Waals surface area contributed by atoms with Crippen LogP contribution in [0.5, 0.6) is 0 Å². The van der Waals surface area contributed by atoms with Crippen LogP contribution in [0.15, 0.2) is 18.2 Å². The molecule has 3 rings (SSSR count). The number of fused-ring (bicyclic) bond motifs is 1. The van der Waals surface area contributed by atoms with Crippen molar-refractivity contribution in [3.63, 3.8) is 0 Å². The summed E-state index contributed by atoms with van der Waals surface area (Å²) in [6.45, 7) is 6.47. The fraction of sp³-hybridized carbons (Fsp3) is 0.500. The zero-order valence-electron chi connectivity index (χ0n) is 14.3. The first-order valence-electron chi connectivity index (χ1n) is 8.38. The van der Waals surface area contributed by atoms with Crippen molar-refractivity contribution in [2.75, 3.05) is 22.9 Å². The Hall–Kier alpha value is -2.37. The van der Waals surface area contributed by atoms with Crippen LogP contribution >= 0.6 is 0 Å². The molecule has 0 aliphatic carbocycles. The molecule has 2 heterocycles. The summed E-state index contributed by atoms with van der Waals surface area (Å²) in [5.41, 5.74) is 2.81. The average molecular weight is 329 g/mol. The molecule has 0 radical (unpaired) electrons. The molecular weight excluding hydrogens is 306 g/mol. The van der Waals surface area contributed by atoms with Crippen LogP contribution in [0.1, 0.15) is 32.8 Å². The van der Waals surface area contributed by atoms with E-state index in [0.29, 0.717) is 13.1 Å². The highest BCUT2D eigenvalue weighted by Gasteiger charge is 2.35. The van der Waals surface area contributed by atoms with E-state index in [4.69, 9.17) is 0 Å². The van der Waals surface area contributed by atoms with Gasteiger partial charge in [-0.25, -0.2) is 0 Å². The van der Waals surface area contributed by atoms with E-state index in [1.54, 1.807) is 16.7 Å². The van der Waals surface area contributed by atoms with Crippen molar-refractivity contribution in [1.29, 1.82) is 0 Å². The summed E-state index contributed by atoms with van der Waals surface area (Å²) in [6.07, 6.45) is 1.04. The number of rotatable bonds is 3. The number of benzene rings is 1. The van der Waals surface area contributed by atoms with Gasteiger partial charge in [0.25, 0.3) is 0 Å². The second-order valence-corrected chi connectivity index (χ2v) is 6.80. The Kier molecular flexibility index (Phi) is 4.30. The first-order valence-corrected chi connectivity index (χ1v) is 8.38. The predicted molar refractivity (Wildman–Crippen MR) is 91.9 cm³/mol. The minimum Gasteiger partial charge on any atom is -0.354 e. The molecule has 128 valence electrons. The number of nitrogens with one attached hydrogen (secondary N) is 1. The number of anilines is 2. The summed E-state index contributed by atoms with van der Waals surface area (Å²) < 4.78 is 0. The fourth-order valence-electron chi connectivity index (χ4n) is 3.42. The van der Waals surface area contributed by atoms with Crippen molar-refractivity contribution in [1.82, 2.24) is 5.32 Å². The monoisotopic (exact) mass is 329 g/mol. The molecule has 6 heteroatoms. The van der Waals surface area contributed by atoms with Gasteiger partial charge in [0.05, 0.1) is 5.92 Å². The Morgan fingerprint density at radius 3 is 2.71 bits per heavy atom. The van der Waals surface area contributed by atoms with E-state index < -0.39 is 0 Å². The molecule has 1 fully saturated rings. The Balaban J connectivity index is 1.77. The van der Waals surface area contributed by atoms with Gasteiger partial charge in [0.1, 0.15) is 0 Å². The van der Waals surface area contributed by atoms with Crippen molar-refractivity contribution in [2.45, 2.75) is 39.7 Å². The Morgan fingerprint density at radius 2 is 2.04 bits per heavy atom. The summed E-state index contributed by atoms with van der Waals surface area (Å²) in [4.78, 5) is 39.5. The van der Waals surface area contributed by atoms with Gasteiger partial charge in [-0.05, 0) is 44.0 Å². The van der Waals surface area contributed by atoms with E-state index in [1.165, 1.54) is 0 Å². The second-order valence-electron chi connectivity index (χ2n) is 6.80. The minimum absolute atomic E-state index is 0.0275. The number of carbonyl (C=O) groups excluding carboxylic acids is 3. The number of nitrogens with zero attached hydrogens (tertiary/aromatic N) is 2. The lowest BCUT2D eigenvalue weighted by Gasteiger charge is -2.19. The van der Waals surface area contributed by atoms with Gasteiger partial charge in [-0.1, -0.05) is 0 Å². The molecule has 2 aliphatic rings. The summed E-state index contributed by atoms with van der Waals surface area (Å²) >= 11 is 0. The Bertz CT molecular complexity index is 699. The molecule has 0 bridgehead atoms. The predicted octanol–water partition coefficient (Wildman–Crippen LogP) is 1.47. The molecule has 0 saturated carbocycles. The molecule has 0 aromatic heterocycles. The lowest BCUT2D eigenvalue weighted by Crippen LogP contribution is -2.36. The smallest absolute Gasteiger partial charge is 0.227 e. The van der Waals surface area contributed by atoms with Crippen molar-refractivity contribution in [2.24, 2.45) is 5.92 Å². The second kappa shape index (κ2) is 6.26. The summed E-state index contributed by atoms with van der Waals surface area (Å²) in [5.74, 6) is -0.365. The summed E-state index contributed by atoms with van der Waals surface area (Å²) in [7, 11) is 0. The minimum atomic E-state index is -0.304. The highest BCUT2D eigenvalue weighted by Crippen LogP contribution is 2.34. The third kappa shape index (κ3) is 3.00. The van der Waals surface area contributed by atoms with Crippen LogP contribution in [-0.4, -0.2) is 36.9 Å². The van der Waals surface area contributed by atoms with Crippen LogP contribution in [0.2, 0.25) is 0 Å². The Labute approximate surface area is 141 Å². The van der Waals surface area contributed by atoms with Crippen molar-refractivity contribution < 1.29 is 14.4 Å². The van der Waals surface area contributed by atoms with Gasteiger partial charge in [0, 0.05) is 43.9 Å². The number of amides is 3. The molecule has 1 aromatic carbocycles. The van der Waals surface area contributed by atoms with Gasteiger partial charge in [0.2, 0.25) is 17.7 Å². The van der Waals surface area contributed by atoms with Gasteiger partial charge >= 0.3 is 0 Å². The lowest BCUT2D eigenvalue weighted by atomic mass is 10.1. The topological polar surface area (TPSA) is 69.7 Å².